The Morgan fingerprint density at radius 3 is 2.73 bits per heavy atom. The van der Waals surface area contributed by atoms with Gasteiger partial charge >= 0.3 is 0 Å². The van der Waals surface area contributed by atoms with Gasteiger partial charge in [-0.05, 0) is 5.56 Å². The van der Waals surface area contributed by atoms with Crippen molar-refractivity contribution in [2.24, 2.45) is 0 Å². The van der Waals surface area contributed by atoms with E-state index in [4.69, 9.17) is 4.74 Å². The van der Waals surface area contributed by atoms with Crippen LogP contribution in [0.15, 0.2) is 30.3 Å². The molecule has 0 aromatic heterocycles. The Labute approximate surface area is 97.9 Å². The second-order valence-electron chi connectivity index (χ2n) is 3.11. The first-order valence-electron chi connectivity index (χ1n) is 4.70. The van der Waals surface area contributed by atoms with Crippen molar-refractivity contribution in [2.45, 2.75) is 18.0 Å². The number of nitrogens with one attached hydrogen (secondary N) is 1. The molecule has 0 radical (unpaired) electrons. The zero-order valence-electron chi connectivity index (χ0n) is 8.57. The summed E-state index contributed by atoms with van der Waals surface area (Å²) in [7, 11) is 1.56. The summed E-state index contributed by atoms with van der Waals surface area (Å²) in [5.41, 5.74) is 1.09. The Balaban J connectivity index is 2.29. The molecule has 0 saturated heterocycles. The molecular formula is C11H14BrNO2. The lowest BCUT2D eigenvalue weighted by atomic mass is 10.2. The third kappa shape index (κ3) is 4.95. The molecule has 0 spiro atoms. The predicted octanol–water partition coefficient (Wildman–Crippen LogP) is 2.06. The second kappa shape index (κ2) is 6.58. The molecule has 1 atom stereocenters. The van der Waals surface area contributed by atoms with Gasteiger partial charge in [0.2, 0.25) is 5.91 Å². The summed E-state index contributed by atoms with van der Waals surface area (Å²) in [5.74, 6) is -0.0254. The van der Waals surface area contributed by atoms with Gasteiger partial charge in [-0.1, -0.05) is 46.3 Å². The number of benzene rings is 1. The number of carbonyl (C=O) groups excluding carboxylic acids is 1. The molecule has 1 unspecified atom stereocenters. The smallest absolute Gasteiger partial charge is 0.223 e. The van der Waals surface area contributed by atoms with Crippen molar-refractivity contribution < 1.29 is 9.53 Å². The van der Waals surface area contributed by atoms with Crippen molar-refractivity contribution in [1.29, 1.82) is 0 Å². The molecule has 82 valence electrons. The topological polar surface area (TPSA) is 38.3 Å². The summed E-state index contributed by atoms with van der Waals surface area (Å²) in [5, 5.41) is 2.60. The molecule has 1 rings (SSSR count). The van der Waals surface area contributed by atoms with Crippen LogP contribution in [0.3, 0.4) is 0 Å². The van der Waals surface area contributed by atoms with Crippen LogP contribution in [0.2, 0.25) is 0 Å². The highest BCUT2D eigenvalue weighted by atomic mass is 79.9. The van der Waals surface area contributed by atoms with Crippen LogP contribution >= 0.6 is 15.9 Å². The van der Waals surface area contributed by atoms with Crippen molar-refractivity contribution in [1.82, 2.24) is 5.32 Å². The first-order valence-corrected chi connectivity index (χ1v) is 5.61. The molecule has 1 aromatic carbocycles. The van der Waals surface area contributed by atoms with E-state index in [-0.39, 0.29) is 10.9 Å². The molecule has 0 aliphatic rings. The monoisotopic (exact) mass is 271 g/mol. The Hall–Kier alpha value is -0.870. The number of halogens is 1. The number of methoxy groups -OCH3 is 1. The number of hydrogen-bond donors (Lipinski definition) is 1. The third-order valence-electron chi connectivity index (χ3n) is 1.93. The Morgan fingerprint density at radius 1 is 1.47 bits per heavy atom. The van der Waals surface area contributed by atoms with Crippen molar-refractivity contribution in [3.63, 3.8) is 0 Å². The fourth-order valence-corrected chi connectivity index (χ4v) is 1.39. The van der Waals surface area contributed by atoms with E-state index in [0.717, 1.165) is 5.56 Å². The number of ether oxygens (including phenoxy) is 1. The summed E-state index contributed by atoms with van der Waals surface area (Å²) >= 11 is 3.22. The molecule has 0 heterocycles. The minimum Gasteiger partial charge on any atom is -0.370 e. The molecule has 0 aliphatic heterocycles. The molecule has 1 aromatic rings. The molecule has 1 N–H and O–H groups in total. The van der Waals surface area contributed by atoms with E-state index < -0.39 is 0 Å². The average molecular weight is 272 g/mol. The van der Waals surface area contributed by atoms with E-state index in [2.05, 4.69) is 21.2 Å². The standard InChI is InChI=1S/C11H14BrNO2/c1-15-10(12)7-11(14)13-8-9-5-3-2-4-6-9/h2-6,10H,7-8H2,1H3,(H,13,14). The maximum atomic E-state index is 11.4. The Kier molecular flexibility index (Phi) is 5.36. The van der Waals surface area contributed by atoms with Crippen molar-refractivity contribution >= 4 is 21.8 Å². The number of rotatable bonds is 5. The molecule has 15 heavy (non-hydrogen) atoms. The minimum absolute atomic E-state index is 0.0254. The fourth-order valence-electron chi connectivity index (χ4n) is 1.10. The number of alkyl halides is 1. The first-order chi connectivity index (χ1) is 7.22. The normalized spacial score (nSPS) is 12.1. The number of carbonyl (C=O) groups is 1. The van der Waals surface area contributed by atoms with Gasteiger partial charge in [-0.3, -0.25) is 4.79 Å². The highest BCUT2D eigenvalue weighted by molar-refractivity contribution is 9.09. The van der Waals surface area contributed by atoms with Gasteiger partial charge in [0.1, 0.15) is 5.01 Å². The molecule has 0 saturated carbocycles. The van der Waals surface area contributed by atoms with E-state index in [0.29, 0.717) is 13.0 Å². The van der Waals surface area contributed by atoms with Gasteiger partial charge < -0.3 is 10.1 Å². The highest BCUT2D eigenvalue weighted by Crippen LogP contribution is 2.05. The Morgan fingerprint density at radius 2 is 2.13 bits per heavy atom. The number of amides is 1. The van der Waals surface area contributed by atoms with Gasteiger partial charge in [0, 0.05) is 13.7 Å². The zero-order valence-corrected chi connectivity index (χ0v) is 10.2. The third-order valence-corrected chi connectivity index (χ3v) is 2.63. The van der Waals surface area contributed by atoms with Crippen LogP contribution in [0.1, 0.15) is 12.0 Å². The highest BCUT2D eigenvalue weighted by Gasteiger charge is 2.08. The second-order valence-corrected chi connectivity index (χ2v) is 4.13. The van der Waals surface area contributed by atoms with Crippen LogP contribution in [0.5, 0.6) is 0 Å². The molecule has 3 nitrogen and oxygen atoms in total. The molecule has 0 aliphatic carbocycles. The summed E-state index contributed by atoms with van der Waals surface area (Å²) in [4.78, 5) is 11.4. The van der Waals surface area contributed by atoms with Gasteiger partial charge in [0.05, 0.1) is 6.42 Å². The first kappa shape index (κ1) is 12.2. The maximum Gasteiger partial charge on any atom is 0.223 e. The zero-order chi connectivity index (χ0) is 11.1. The summed E-state index contributed by atoms with van der Waals surface area (Å²) in [6, 6.07) is 9.79. The van der Waals surface area contributed by atoms with E-state index in [9.17, 15) is 4.79 Å². The van der Waals surface area contributed by atoms with Crippen LogP contribution in [-0.4, -0.2) is 18.0 Å². The fraction of sp³-hybridized carbons (Fsp3) is 0.364. The lowest BCUT2D eigenvalue weighted by Crippen LogP contribution is -2.25. The Bertz CT molecular complexity index is 303. The van der Waals surface area contributed by atoms with Crippen LogP contribution in [-0.2, 0) is 16.1 Å². The van der Waals surface area contributed by atoms with Crippen molar-refractivity contribution in [2.75, 3.05) is 7.11 Å². The van der Waals surface area contributed by atoms with Gasteiger partial charge in [0.15, 0.2) is 0 Å². The molecular weight excluding hydrogens is 258 g/mol. The van der Waals surface area contributed by atoms with Crippen molar-refractivity contribution in [3.8, 4) is 0 Å². The van der Waals surface area contributed by atoms with Gasteiger partial charge in [-0.25, -0.2) is 0 Å². The lowest BCUT2D eigenvalue weighted by Gasteiger charge is -2.08. The SMILES string of the molecule is COC(Br)CC(=O)NCc1ccccc1. The largest absolute Gasteiger partial charge is 0.370 e. The van der Waals surface area contributed by atoms with E-state index in [1.807, 2.05) is 30.3 Å². The van der Waals surface area contributed by atoms with Crippen LogP contribution in [0.25, 0.3) is 0 Å². The van der Waals surface area contributed by atoms with Crippen molar-refractivity contribution in [3.05, 3.63) is 35.9 Å². The maximum absolute atomic E-state index is 11.4. The average Bonchev–Trinajstić information content (AvgIpc) is 2.27. The number of hydrogen-bond acceptors (Lipinski definition) is 2. The molecule has 4 heteroatoms. The molecule has 1 amide bonds. The summed E-state index contributed by atoms with van der Waals surface area (Å²) in [6.45, 7) is 0.559. The summed E-state index contributed by atoms with van der Waals surface area (Å²) < 4.78 is 4.93. The molecule has 0 bridgehead atoms. The van der Waals surface area contributed by atoms with Gasteiger partial charge in [0.25, 0.3) is 0 Å². The quantitative estimate of drug-likeness (QED) is 0.833. The minimum atomic E-state index is -0.215. The van der Waals surface area contributed by atoms with Gasteiger partial charge in [-0.15, -0.1) is 0 Å². The van der Waals surface area contributed by atoms with Gasteiger partial charge in [-0.2, -0.15) is 0 Å². The van der Waals surface area contributed by atoms with E-state index >= 15 is 0 Å². The van der Waals surface area contributed by atoms with Crippen LogP contribution in [0, 0.1) is 0 Å². The van der Waals surface area contributed by atoms with E-state index in [1.165, 1.54) is 0 Å². The predicted molar refractivity (Wildman–Crippen MR) is 62.6 cm³/mol. The lowest BCUT2D eigenvalue weighted by molar-refractivity contribution is -0.122. The molecule has 0 fully saturated rings. The summed E-state index contributed by atoms with van der Waals surface area (Å²) in [6.07, 6.45) is 0.323. The van der Waals surface area contributed by atoms with E-state index in [1.54, 1.807) is 7.11 Å². The van der Waals surface area contributed by atoms with Crippen LogP contribution in [0.4, 0.5) is 0 Å². The van der Waals surface area contributed by atoms with Crippen LogP contribution < -0.4 is 5.32 Å².